The maximum atomic E-state index is 4.87. The number of aromatic nitrogens is 3. The lowest BCUT2D eigenvalue weighted by atomic mass is 10.1. The molecule has 25 heavy (non-hydrogen) atoms. The zero-order valence-electron chi connectivity index (χ0n) is 14.4. The van der Waals surface area contributed by atoms with Gasteiger partial charge in [-0.05, 0) is 50.2 Å². The van der Waals surface area contributed by atoms with Crippen molar-refractivity contribution in [3.8, 4) is 11.3 Å². The van der Waals surface area contributed by atoms with Crippen LogP contribution in [0.2, 0.25) is 0 Å². The van der Waals surface area contributed by atoms with Gasteiger partial charge in [-0.25, -0.2) is 4.98 Å². The first kappa shape index (κ1) is 16.0. The zero-order chi connectivity index (χ0) is 16.9. The van der Waals surface area contributed by atoms with Crippen molar-refractivity contribution in [2.45, 2.75) is 19.3 Å². The number of nitrogens with one attached hydrogen (secondary N) is 1. The molecule has 4 heterocycles. The molecule has 1 saturated heterocycles. The first-order valence-corrected chi connectivity index (χ1v) is 9.01. The van der Waals surface area contributed by atoms with Crippen LogP contribution < -0.4 is 5.32 Å². The maximum Gasteiger partial charge on any atom is 0.134 e. The monoisotopic (exact) mass is 333 g/mol. The Morgan fingerprint density at radius 2 is 1.76 bits per heavy atom. The van der Waals surface area contributed by atoms with Gasteiger partial charge in [0.05, 0.1) is 5.69 Å². The van der Waals surface area contributed by atoms with E-state index in [1.54, 1.807) is 12.4 Å². The van der Waals surface area contributed by atoms with E-state index in [0.717, 1.165) is 40.9 Å². The molecule has 0 saturated carbocycles. The second-order valence-corrected chi connectivity index (χ2v) is 6.52. The van der Waals surface area contributed by atoms with Gasteiger partial charge in [0, 0.05) is 54.2 Å². The van der Waals surface area contributed by atoms with Crippen LogP contribution in [-0.4, -0.2) is 46.0 Å². The highest BCUT2D eigenvalue weighted by molar-refractivity contribution is 5.93. The molecule has 0 aliphatic carbocycles. The van der Waals surface area contributed by atoms with E-state index in [9.17, 15) is 0 Å². The number of nitrogens with zero attached hydrogens (tertiary/aromatic N) is 4. The summed E-state index contributed by atoms with van der Waals surface area (Å²) >= 11 is 0. The van der Waals surface area contributed by atoms with Gasteiger partial charge in [-0.3, -0.25) is 9.97 Å². The second-order valence-electron chi connectivity index (χ2n) is 6.52. The average molecular weight is 333 g/mol. The summed E-state index contributed by atoms with van der Waals surface area (Å²) in [4.78, 5) is 15.8. The van der Waals surface area contributed by atoms with Gasteiger partial charge in [0.2, 0.25) is 0 Å². The van der Waals surface area contributed by atoms with Crippen LogP contribution in [0.3, 0.4) is 0 Å². The third kappa shape index (κ3) is 3.77. The molecule has 5 nitrogen and oxygen atoms in total. The molecule has 0 bridgehead atoms. The highest BCUT2D eigenvalue weighted by atomic mass is 15.1. The Kier molecular flexibility index (Phi) is 4.84. The Hall–Kier alpha value is -2.53. The molecule has 4 rings (SSSR count). The predicted octanol–water partition coefficient (Wildman–Crippen LogP) is 3.59. The van der Waals surface area contributed by atoms with Crippen LogP contribution in [0.1, 0.15) is 19.3 Å². The van der Waals surface area contributed by atoms with Crippen LogP contribution >= 0.6 is 0 Å². The predicted molar refractivity (Wildman–Crippen MR) is 102 cm³/mol. The van der Waals surface area contributed by atoms with Crippen molar-refractivity contribution < 1.29 is 0 Å². The van der Waals surface area contributed by atoms with Crippen LogP contribution in [0, 0.1) is 0 Å². The van der Waals surface area contributed by atoms with Crippen LogP contribution in [-0.2, 0) is 0 Å². The van der Waals surface area contributed by atoms with Gasteiger partial charge in [0.15, 0.2) is 0 Å². The summed E-state index contributed by atoms with van der Waals surface area (Å²) in [5.74, 6) is 0.934. The number of anilines is 1. The first-order chi connectivity index (χ1) is 12.4. The van der Waals surface area contributed by atoms with E-state index in [0.29, 0.717) is 0 Å². The second kappa shape index (κ2) is 7.57. The summed E-state index contributed by atoms with van der Waals surface area (Å²) < 4.78 is 0. The lowest BCUT2D eigenvalue weighted by Crippen LogP contribution is -2.33. The summed E-state index contributed by atoms with van der Waals surface area (Å²) in [5.41, 5.74) is 2.02. The van der Waals surface area contributed by atoms with E-state index in [-0.39, 0.29) is 0 Å². The molecule has 1 fully saturated rings. The number of piperidine rings is 1. The van der Waals surface area contributed by atoms with Crippen LogP contribution in [0.15, 0.2) is 49.1 Å². The van der Waals surface area contributed by atoms with E-state index < -0.39 is 0 Å². The van der Waals surface area contributed by atoms with Gasteiger partial charge in [-0.2, -0.15) is 0 Å². The third-order valence-electron chi connectivity index (χ3n) is 4.78. The van der Waals surface area contributed by atoms with Crippen molar-refractivity contribution in [1.29, 1.82) is 0 Å². The van der Waals surface area contributed by atoms with Gasteiger partial charge in [0.25, 0.3) is 0 Å². The van der Waals surface area contributed by atoms with Crippen molar-refractivity contribution in [3.63, 3.8) is 0 Å². The van der Waals surface area contributed by atoms with E-state index in [1.807, 2.05) is 30.6 Å². The molecule has 1 aliphatic rings. The van der Waals surface area contributed by atoms with Gasteiger partial charge < -0.3 is 10.2 Å². The van der Waals surface area contributed by atoms with Crippen molar-refractivity contribution in [2.24, 2.45) is 0 Å². The fourth-order valence-corrected chi connectivity index (χ4v) is 3.42. The quantitative estimate of drug-likeness (QED) is 0.773. The van der Waals surface area contributed by atoms with Crippen molar-refractivity contribution in [1.82, 2.24) is 19.9 Å². The molecular formula is C20H23N5. The zero-order valence-corrected chi connectivity index (χ0v) is 14.4. The molecule has 5 heteroatoms. The topological polar surface area (TPSA) is 53.9 Å². The van der Waals surface area contributed by atoms with Crippen LogP contribution in [0.4, 0.5) is 5.82 Å². The molecule has 3 aromatic rings. The van der Waals surface area contributed by atoms with Crippen molar-refractivity contribution >= 4 is 16.6 Å². The van der Waals surface area contributed by atoms with E-state index in [4.69, 9.17) is 4.98 Å². The van der Waals surface area contributed by atoms with Crippen LogP contribution in [0.25, 0.3) is 22.0 Å². The summed E-state index contributed by atoms with van der Waals surface area (Å²) in [6, 6.07) is 8.10. The minimum Gasteiger partial charge on any atom is -0.368 e. The van der Waals surface area contributed by atoms with Gasteiger partial charge in [-0.15, -0.1) is 0 Å². The summed E-state index contributed by atoms with van der Waals surface area (Å²) in [5, 5.41) is 5.77. The first-order valence-electron chi connectivity index (χ1n) is 9.01. The number of pyridine rings is 3. The van der Waals surface area contributed by atoms with Gasteiger partial charge in [-0.1, -0.05) is 6.42 Å². The average Bonchev–Trinajstić information content (AvgIpc) is 2.69. The smallest absolute Gasteiger partial charge is 0.134 e. The van der Waals surface area contributed by atoms with E-state index in [1.165, 1.54) is 32.4 Å². The minimum atomic E-state index is 0.907. The number of rotatable bonds is 5. The lowest BCUT2D eigenvalue weighted by molar-refractivity contribution is 0.237. The standard InChI is InChI=1S/C20H23N5/c1-2-11-25(12-3-1)13-10-23-20-18-6-9-22-15-17(18)14-19(24-20)16-4-7-21-8-5-16/h4-9,14-15H,1-3,10-13H2,(H,23,24). The molecule has 0 radical (unpaired) electrons. The number of likely N-dealkylation sites (tertiary alicyclic amines) is 1. The fraction of sp³-hybridized carbons (Fsp3) is 0.350. The Balaban J connectivity index is 1.58. The largest absolute Gasteiger partial charge is 0.368 e. The number of hydrogen-bond acceptors (Lipinski definition) is 5. The Labute approximate surface area is 148 Å². The summed E-state index contributed by atoms with van der Waals surface area (Å²) in [6.45, 7) is 4.41. The normalized spacial score (nSPS) is 15.4. The lowest BCUT2D eigenvalue weighted by Gasteiger charge is -2.26. The molecule has 3 aromatic heterocycles. The molecule has 1 N–H and O–H groups in total. The molecule has 0 amide bonds. The molecule has 0 spiro atoms. The summed E-state index contributed by atoms with van der Waals surface area (Å²) in [7, 11) is 0. The van der Waals surface area contributed by atoms with E-state index >= 15 is 0 Å². The molecule has 1 aliphatic heterocycles. The fourth-order valence-electron chi connectivity index (χ4n) is 3.42. The number of fused-ring (bicyclic) bond motifs is 1. The summed E-state index contributed by atoms with van der Waals surface area (Å²) in [6.07, 6.45) is 11.3. The third-order valence-corrected chi connectivity index (χ3v) is 4.78. The van der Waals surface area contributed by atoms with Gasteiger partial charge >= 0.3 is 0 Å². The molecule has 0 unspecified atom stereocenters. The van der Waals surface area contributed by atoms with Gasteiger partial charge in [0.1, 0.15) is 5.82 Å². The molecule has 0 atom stereocenters. The highest BCUT2D eigenvalue weighted by Crippen LogP contribution is 2.26. The Morgan fingerprint density at radius 1 is 0.960 bits per heavy atom. The minimum absolute atomic E-state index is 0.907. The Bertz CT molecular complexity index is 828. The van der Waals surface area contributed by atoms with Crippen LogP contribution in [0.5, 0.6) is 0 Å². The Morgan fingerprint density at radius 3 is 2.60 bits per heavy atom. The van der Waals surface area contributed by atoms with E-state index in [2.05, 4.69) is 26.3 Å². The molecule has 0 aromatic carbocycles. The molecule has 128 valence electrons. The molecular weight excluding hydrogens is 310 g/mol. The SMILES string of the molecule is c1cc(-c2cc3cnccc3c(NCCN3CCCCC3)n2)ccn1. The highest BCUT2D eigenvalue weighted by Gasteiger charge is 2.11. The number of hydrogen-bond donors (Lipinski definition) is 1. The van der Waals surface area contributed by atoms with Crippen molar-refractivity contribution in [2.75, 3.05) is 31.5 Å². The maximum absolute atomic E-state index is 4.87. The van der Waals surface area contributed by atoms with Crippen molar-refractivity contribution in [3.05, 3.63) is 49.1 Å².